The van der Waals surface area contributed by atoms with Gasteiger partial charge in [-0.3, -0.25) is 9.59 Å². The molecule has 0 bridgehead atoms. The summed E-state index contributed by atoms with van der Waals surface area (Å²) in [5, 5.41) is 5.87. The fraction of sp³-hybridized carbons (Fsp3) is 0.818. The van der Waals surface area contributed by atoms with Crippen molar-refractivity contribution in [2.75, 3.05) is 26.7 Å². The fourth-order valence-electron chi connectivity index (χ4n) is 1.53. The molecule has 1 heterocycles. The van der Waals surface area contributed by atoms with E-state index in [4.69, 9.17) is 0 Å². The maximum Gasteiger partial charge on any atom is 0.240 e. The molecule has 6 heteroatoms. The maximum absolute atomic E-state index is 11.7. The van der Waals surface area contributed by atoms with Crippen molar-refractivity contribution in [2.24, 2.45) is 5.92 Å². The van der Waals surface area contributed by atoms with Crippen LogP contribution in [0.3, 0.4) is 0 Å². The van der Waals surface area contributed by atoms with E-state index in [9.17, 15) is 9.59 Å². The largest absolute Gasteiger partial charge is 0.350 e. The number of nitrogens with one attached hydrogen (secondary N) is 2. The first-order valence-electron chi connectivity index (χ1n) is 5.56. The first-order valence-corrected chi connectivity index (χ1v) is 5.56. The van der Waals surface area contributed by atoms with Crippen LogP contribution < -0.4 is 10.6 Å². The Hall–Kier alpha value is -0.810. The molecule has 100 valence electrons. The molecule has 0 aromatic carbocycles. The van der Waals surface area contributed by atoms with Crippen LogP contribution >= 0.6 is 12.4 Å². The molecule has 0 aromatic rings. The molecule has 1 rings (SSSR count). The van der Waals surface area contributed by atoms with Gasteiger partial charge in [-0.15, -0.1) is 12.4 Å². The van der Waals surface area contributed by atoms with E-state index in [-0.39, 0.29) is 42.2 Å². The van der Waals surface area contributed by atoms with E-state index in [1.807, 2.05) is 20.8 Å². The van der Waals surface area contributed by atoms with Crippen LogP contribution in [0.25, 0.3) is 0 Å². The molecule has 5 nitrogen and oxygen atoms in total. The lowest BCUT2D eigenvalue weighted by Crippen LogP contribution is -2.53. The van der Waals surface area contributed by atoms with E-state index < -0.39 is 0 Å². The molecule has 17 heavy (non-hydrogen) atoms. The molecule has 1 fully saturated rings. The van der Waals surface area contributed by atoms with Crippen LogP contribution in [-0.2, 0) is 9.59 Å². The van der Waals surface area contributed by atoms with Crippen molar-refractivity contribution >= 4 is 24.2 Å². The first kappa shape index (κ1) is 16.2. The van der Waals surface area contributed by atoms with Crippen LogP contribution in [-0.4, -0.2) is 48.9 Å². The summed E-state index contributed by atoms with van der Waals surface area (Å²) in [5.41, 5.74) is -0.251. The lowest BCUT2D eigenvalue weighted by Gasteiger charge is -2.30. The minimum absolute atomic E-state index is 0. The SMILES string of the molecule is CN(CC(=O)NC(C)(C)C)C(=O)C1CNC1.Cl. The highest BCUT2D eigenvalue weighted by atomic mass is 35.5. The van der Waals surface area contributed by atoms with Crippen molar-refractivity contribution in [3.63, 3.8) is 0 Å². The van der Waals surface area contributed by atoms with Gasteiger partial charge < -0.3 is 15.5 Å². The molecule has 0 saturated carbocycles. The molecule has 1 aliphatic heterocycles. The molecule has 0 aliphatic carbocycles. The van der Waals surface area contributed by atoms with Crippen LogP contribution in [0.2, 0.25) is 0 Å². The van der Waals surface area contributed by atoms with Crippen LogP contribution in [0.1, 0.15) is 20.8 Å². The topological polar surface area (TPSA) is 61.4 Å². The standard InChI is InChI=1S/C11H21N3O2.ClH/c1-11(2,3)13-9(15)7-14(4)10(16)8-5-12-6-8;/h8,12H,5-7H2,1-4H3,(H,13,15);1H. The minimum Gasteiger partial charge on any atom is -0.350 e. The summed E-state index contributed by atoms with van der Waals surface area (Å²) in [4.78, 5) is 24.8. The van der Waals surface area contributed by atoms with Gasteiger partial charge >= 0.3 is 0 Å². The first-order chi connectivity index (χ1) is 7.29. The Kier molecular flexibility index (Phi) is 5.92. The highest BCUT2D eigenvalue weighted by Crippen LogP contribution is 2.06. The Balaban J connectivity index is 0.00000256. The normalized spacial score (nSPS) is 15.5. The van der Waals surface area contributed by atoms with Crippen molar-refractivity contribution in [2.45, 2.75) is 26.3 Å². The van der Waals surface area contributed by atoms with Crippen LogP contribution in [0, 0.1) is 5.92 Å². The zero-order valence-corrected chi connectivity index (χ0v) is 11.7. The van der Waals surface area contributed by atoms with Crippen LogP contribution in [0.15, 0.2) is 0 Å². The van der Waals surface area contributed by atoms with E-state index in [2.05, 4.69) is 10.6 Å². The van der Waals surface area contributed by atoms with Gasteiger partial charge in [0.25, 0.3) is 0 Å². The number of carbonyl (C=O) groups excluding carboxylic acids is 2. The quantitative estimate of drug-likeness (QED) is 0.754. The number of rotatable bonds is 3. The third-order valence-corrected chi connectivity index (χ3v) is 2.40. The molecule has 0 aromatic heterocycles. The summed E-state index contributed by atoms with van der Waals surface area (Å²) in [5.74, 6) is -0.0223. The molecule has 2 amide bonds. The van der Waals surface area contributed by atoms with Crippen LogP contribution in [0.4, 0.5) is 0 Å². The van der Waals surface area contributed by atoms with Crippen molar-refractivity contribution in [3.05, 3.63) is 0 Å². The number of halogens is 1. The molecule has 1 aliphatic rings. The van der Waals surface area contributed by atoms with E-state index in [1.54, 1.807) is 7.05 Å². The maximum atomic E-state index is 11.7. The predicted molar refractivity (Wildman–Crippen MR) is 69.1 cm³/mol. The fourth-order valence-corrected chi connectivity index (χ4v) is 1.53. The second kappa shape index (κ2) is 6.21. The Bertz CT molecular complexity index is 285. The number of hydrogen-bond donors (Lipinski definition) is 2. The Morgan fingerprint density at radius 2 is 1.88 bits per heavy atom. The van der Waals surface area contributed by atoms with Crippen molar-refractivity contribution in [3.8, 4) is 0 Å². The van der Waals surface area contributed by atoms with Gasteiger partial charge in [-0.25, -0.2) is 0 Å². The minimum atomic E-state index is -0.251. The molecule has 0 radical (unpaired) electrons. The summed E-state index contributed by atoms with van der Waals surface area (Å²) in [7, 11) is 1.67. The predicted octanol–water partition coefficient (Wildman–Crippen LogP) is 0.000700. The van der Waals surface area contributed by atoms with Gasteiger partial charge in [0.2, 0.25) is 11.8 Å². The molecule has 0 unspecified atom stereocenters. The molecule has 2 N–H and O–H groups in total. The third kappa shape index (κ3) is 5.37. The highest BCUT2D eigenvalue weighted by Gasteiger charge is 2.28. The third-order valence-electron chi connectivity index (χ3n) is 2.40. The zero-order valence-electron chi connectivity index (χ0n) is 10.9. The van der Waals surface area contributed by atoms with Gasteiger partial charge in [-0.2, -0.15) is 0 Å². The summed E-state index contributed by atoms with van der Waals surface area (Å²) in [6.07, 6.45) is 0. The van der Waals surface area contributed by atoms with Crippen molar-refractivity contribution in [1.82, 2.24) is 15.5 Å². The average molecular weight is 264 g/mol. The van der Waals surface area contributed by atoms with Gasteiger partial charge in [-0.05, 0) is 20.8 Å². The summed E-state index contributed by atoms with van der Waals surface area (Å²) >= 11 is 0. The smallest absolute Gasteiger partial charge is 0.240 e. The van der Waals surface area contributed by atoms with E-state index in [0.717, 1.165) is 13.1 Å². The second-order valence-electron chi connectivity index (χ2n) is 5.35. The number of hydrogen-bond acceptors (Lipinski definition) is 3. The van der Waals surface area contributed by atoms with Gasteiger partial charge in [0.1, 0.15) is 0 Å². The van der Waals surface area contributed by atoms with Crippen molar-refractivity contribution < 1.29 is 9.59 Å². The Labute approximate surface area is 109 Å². The Morgan fingerprint density at radius 3 is 2.24 bits per heavy atom. The number of amides is 2. The molecule has 1 saturated heterocycles. The molecular weight excluding hydrogens is 242 g/mol. The lowest BCUT2D eigenvalue weighted by molar-refractivity contribution is -0.139. The van der Waals surface area contributed by atoms with Gasteiger partial charge in [0.05, 0.1) is 12.5 Å². The summed E-state index contributed by atoms with van der Waals surface area (Å²) in [6, 6.07) is 0. The van der Waals surface area contributed by atoms with E-state index >= 15 is 0 Å². The number of carbonyl (C=O) groups is 2. The summed E-state index contributed by atoms with van der Waals surface area (Å²) in [6.45, 7) is 7.34. The van der Waals surface area contributed by atoms with E-state index in [0.29, 0.717) is 0 Å². The molecule has 0 atom stereocenters. The summed E-state index contributed by atoms with van der Waals surface area (Å²) < 4.78 is 0. The molecule has 0 spiro atoms. The second-order valence-corrected chi connectivity index (χ2v) is 5.35. The number of nitrogens with zero attached hydrogens (tertiary/aromatic N) is 1. The number of likely N-dealkylation sites (N-methyl/N-ethyl adjacent to an activating group) is 1. The highest BCUT2D eigenvalue weighted by molar-refractivity contribution is 5.86. The van der Waals surface area contributed by atoms with Gasteiger partial charge in [0.15, 0.2) is 0 Å². The zero-order chi connectivity index (χ0) is 12.3. The van der Waals surface area contributed by atoms with Gasteiger partial charge in [-0.1, -0.05) is 0 Å². The van der Waals surface area contributed by atoms with Gasteiger partial charge in [0, 0.05) is 25.7 Å². The lowest BCUT2D eigenvalue weighted by atomic mass is 10.0. The average Bonchev–Trinajstić information content (AvgIpc) is 1.96. The molecular formula is C11H22ClN3O2. The van der Waals surface area contributed by atoms with Crippen molar-refractivity contribution in [1.29, 1.82) is 0 Å². The monoisotopic (exact) mass is 263 g/mol. The Morgan fingerprint density at radius 1 is 1.35 bits per heavy atom. The van der Waals surface area contributed by atoms with Crippen LogP contribution in [0.5, 0.6) is 0 Å². The van der Waals surface area contributed by atoms with E-state index in [1.165, 1.54) is 4.90 Å².